The minimum absolute atomic E-state index is 0.308. The van der Waals surface area contributed by atoms with Crippen LogP contribution in [-0.2, 0) is 38.1 Å². The Morgan fingerprint density at radius 1 is 1.03 bits per heavy atom. The van der Waals surface area contributed by atoms with Crippen LogP contribution in [0.2, 0.25) is 0 Å². The predicted octanol–water partition coefficient (Wildman–Crippen LogP) is -4.25. The van der Waals surface area contributed by atoms with Crippen LogP contribution in [0, 0.1) is 0 Å². The molecule has 0 aliphatic carbocycles. The number of ether oxygens (including phenoxy) is 5. The summed E-state index contributed by atoms with van der Waals surface area (Å²) in [5, 5.41) is 55.6. The van der Waals surface area contributed by atoms with Crippen LogP contribution in [0.25, 0.3) is 0 Å². The van der Waals surface area contributed by atoms with Gasteiger partial charge in [0.25, 0.3) is 5.79 Å². The first-order valence-corrected chi connectivity index (χ1v) is 10.6. The highest BCUT2D eigenvalue weighted by Crippen LogP contribution is 2.35. The number of amides is 2. The third-order valence-corrected chi connectivity index (χ3v) is 5.85. The van der Waals surface area contributed by atoms with Gasteiger partial charge in [-0.05, 0) is 0 Å². The van der Waals surface area contributed by atoms with Crippen molar-refractivity contribution in [3.63, 3.8) is 0 Å². The van der Waals surface area contributed by atoms with E-state index in [4.69, 9.17) is 23.7 Å². The van der Waals surface area contributed by atoms with Gasteiger partial charge < -0.3 is 59.9 Å². The van der Waals surface area contributed by atoms with Crippen molar-refractivity contribution in [1.82, 2.24) is 10.6 Å². The maximum atomic E-state index is 11.8. The monoisotopic (exact) mass is 494 g/mol. The lowest BCUT2D eigenvalue weighted by Gasteiger charge is -2.51. The number of aliphatic hydroxyl groups excluding tert-OH is 4. The number of aliphatic carboxylic acids is 1. The largest absolute Gasteiger partial charge is 0.477 e. The molecule has 194 valence electrons. The van der Waals surface area contributed by atoms with E-state index in [0.717, 1.165) is 13.8 Å². The number of hydrogen-bond acceptors (Lipinski definition) is 12. The number of hydrogen-bond donors (Lipinski definition) is 7. The summed E-state index contributed by atoms with van der Waals surface area (Å²) in [6.07, 6.45) is -11.1. The average Bonchev–Trinajstić information content (AvgIpc) is 2.75. The fourth-order valence-corrected chi connectivity index (χ4v) is 4.15. The Morgan fingerprint density at radius 3 is 2.21 bits per heavy atom. The van der Waals surface area contributed by atoms with E-state index in [9.17, 15) is 39.9 Å². The molecule has 0 bridgehead atoms. The summed E-state index contributed by atoms with van der Waals surface area (Å²) in [6.45, 7) is 2.48. The molecule has 0 unspecified atom stereocenters. The van der Waals surface area contributed by atoms with Crippen molar-refractivity contribution < 1.29 is 63.6 Å². The van der Waals surface area contributed by atoms with Crippen LogP contribution >= 0.6 is 0 Å². The second kappa shape index (κ2) is 10.3. The van der Waals surface area contributed by atoms with Crippen LogP contribution in [0.1, 0.15) is 20.8 Å². The lowest BCUT2D eigenvalue weighted by molar-refractivity contribution is -0.378. The number of nitrogens with one attached hydrogen (secondary N) is 2. The number of carbonyl (C=O) groups excluding carboxylic acids is 2. The second-order valence-corrected chi connectivity index (χ2v) is 8.47. The maximum Gasteiger partial charge on any atom is 0.364 e. The summed E-state index contributed by atoms with van der Waals surface area (Å²) in [4.78, 5) is 34.8. The molecule has 3 aliphatic heterocycles. The highest BCUT2D eigenvalue weighted by atomic mass is 16.8. The topological polar surface area (TPSA) is 223 Å². The first-order chi connectivity index (χ1) is 15.9. The number of fused-ring (bicyclic) bond motifs is 1. The van der Waals surface area contributed by atoms with Gasteiger partial charge >= 0.3 is 5.97 Å². The van der Waals surface area contributed by atoms with E-state index in [1.54, 1.807) is 0 Å². The molecule has 0 saturated carbocycles. The van der Waals surface area contributed by atoms with Crippen LogP contribution in [0.3, 0.4) is 0 Å². The SMILES string of the molecule is CC(=O)N[C@@H]1[C@H](O[C@H]2[C@H](O)[C@@H](NC(C)=O)[C@H](O)O[C@@H]2CO)O[C@@H]2CO[C@](C)(C(=O)O)O[C@H]2[C@@H]1O. The van der Waals surface area contributed by atoms with Crippen molar-refractivity contribution in [2.75, 3.05) is 13.2 Å². The smallest absolute Gasteiger partial charge is 0.364 e. The molecule has 0 spiro atoms. The van der Waals surface area contributed by atoms with Gasteiger partial charge in [-0.1, -0.05) is 0 Å². The Bertz CT molecular complexity index is 783. The minimum atomic E-state index is -2.06. The quantitative estimate of drug-likeness (QED) is 0.186. The first-order valence-electron chi connectivity index (χ1n) is 10.6. The Labute approximate surface area is 193 Å². The van der Waals surface area contributed by atoms with Crippen LogP contribution in [0.5, 0.6) is 0 Å². The van der Waals surface area contributed by atoms with Crippen LogP contribution < -0.4 is 10.6 Å². The molecule has 3 saturated heterocycles. The summed E-state index contributed by atoms with van der Waals surface area (Å²) < 4.78 is 27.6. The number of carbonyl (C=O) groups is 3. The third-order valence-electron chi connectivity index (χ3n) is 5.85. The normalized spacial score (nSPS) is 44.6. The Morgan fingerprint density at radius 2 is 1.65 bits per heavy atom. The van der Waals surface area contributed by atoms with Gasteiger partial charge in [0, 0.05) is 20.8 Å². The van der Waals surface area contributed by atoms with Gasteiger partial charge in [0.15, 0.2) is 12.6 Å². The summed E-state index contributed by atoms with van der Waals surface area (Å²) in [5.74, 6) is -4.65. The van der Waals surface area contributed by atoms with Crippen LogP contribution in [0.4, 0.5) is 0 Å². The van der Waals surface area contributed by atoms with Crippen molar-refractivity contribution in [1.29, 1.82) is 0 Å². The molecule has 3 aliphatic rings. The second-order valence-electron chi connectivity index (χ2n) is 8.47. The fraction of sp³-hybridized carbons (Fsp3) is 0.842. The summed E-state index contributed by atoms with van der Waals surface area (Å²) in [6, 6.07) is -2.61. The molecule has 15 nitrogen and oxygen atoms in total. The number of carboxylic acids is 1. The summed E-state index contributed by atoms with van der Waals surface area (Å²) >= 11 is 0. The maximum absolute atomic E-state index is 11.8. The zero-order chi connectivity index (χ0) is 25.4. The fourth-order valence-electron chi connectivity index (χ4n) is 4.15. The molecule has 0 aromatic carbocycles. The van der Waals surface area contributed by atoms with E-state index in [0.29, 0.717) is 0 Å². The zero-order valence-electron chi connectivity index (χ0n) is 18.7. The minimum Gasteiger partial charge on any atom is -0.477 e. The molecule has 34 heavy (non-hydrogen) atoms. The Balaban J connectivity index is 1.84. The molecular weight excluding hydrogens is 464 g/mol. The molecular formula is C19H30N2O13. The summed E-state index contributed by atoms with van der Waals surface area (Å²) in [5.41, 5.74) is 0. The van der Waals surface area contributed by atoms with E-state index in [-0.39, 0.29) is 6.61 Å². The molecule has 3 rings (SSSR count). The van der Waals surface area contributed by atoms with Gasteiger partial charge in [-0.25, -0.2) is 4.79 Å². The molecule has 7 N–H and O–H groups in total. The van der Waals surface area contributed by atoms with Gasteiger partial charge in [-0.15, -0.1) is 0 Å². The molecule has 0 aromatic rings. The lowest BCUT2D eigenvalue weighted by atomic mass is 9.93. The van der Waals surface area contributed by atoms with Crippen LogP contribution in [0.15, 0.2) is 0 Å². The molecule has 2 amide bonds. The molecule has 3 fully saturated rings. The summed E-state index contributed by atoms with van der Waals surface area (Å²) in [7, 11) is 0. The van der Waals surface area contributed by atoms with E-state index in [2.05, 4.69) is 10.6 Å². The number of carboxylic acid groups (broad SMARTS) is 1. The van der Waals surface area contributed by atoms with Gasteiger partial charge in [0.05, 0.1) is 13.2 Å². The van der Waals surface area contributed by atoms with Crippen LogP contribution in [-0.4, -0.2) is 124 Å². The van der Waals surface area contributed by atoms with Crippen molar-refractivity contribution in [2.24, 2.45) is 0 Å². The predicted molar refractivity (Wildman–Crippen MR) is 106 cm³/mol. The highest BCUT2D eigenvalue weighted by Gasteiger charge is 2.56. The van der Waals surface area contributed by atoms with Crippen molar-refractivity contribution in [3.05, 3.63) is 0 Å². The average molecular weight is 494 g/mol. The highest BCUT2D eigenvalue weighted by molar-refractivity contribution is 5.75. The lowest BCUT2D eigenvalue weighted by Crippen LogP contribution is -2.71. The van der Waals surface area contributed by atoms with Crippen molar-refractivity contribution >= 4 is 17.8 Å². The Kier molecular flexibility index (Phi) is 8.11. The van der Waals surface area contributed by atoms with Gasteiger partial charge in [0.2, 0.25) is 11.8 Å². The van der Waals surface area contributed by atoms with Crippen molar-refractivity contribution in [3.8, 4) is 0 Å². The number of rotatable bonds is 6. The van der Waals surface area contributed by atoms with E-state index in [1.165, 1.54) is 6.92 Å². The van der Waals surface area contributed by atoms with E-state index in [1.807, 2.05) is 0 Å². The van der Waals surface area contributed by atoms with Gasteiger partial charge in [0.1, 0.15) is 48.7 Å². The molecule has 0 radical (unpaired) electrons. The number of aliphatic hydroxyl groups is 4. The molecule has 3 heterocycles. The molecule has 15 heteroatoms. The van der Waals surface area contributed by atoms with Crippen molar-refractivity contribution in [2.45, 2.75) is 87.8 Å². The van der Waals surface area contributed by atoms with Gasteiger partial charge in [-0.3, -0.25) is 9.59 Å². The standard InChI is InChI=1S/C19H30N2O13/c1-6(23)20-10-12(25)14(8(4-22)31-16(10)27)33-17-11(21-7(2)24)13(26)15-9(32-17)5-30-19(3,34-15)18(28)29/h8-17,22,25-27H,4-5H2,1-3H3,(H,20,23)(H,21,24)(H,28,29)/t8-,9-,10-,11+,12-,13-,14-,15-,16-,17+,19+/m1/s1. The third kappa shape index (κ3) is 5.32. The Hall–Kier alpha value is -1.95. The first kappa shape index (κ1) is 26.7. The molecule has 0 aromatic heterocycles. The molecule has 11 atom stereocenters. The zero-order valence-corrected chi connectivity index (χ0v) is 18.7. The van der Waals surface area contributed by atoms with Gasteiger partial charge in [-0.2, -0.15) is 0 Å². The van der Waals surface area contributed by atoms with E-state index < -0.39 is 91.5 Å². The van der Waals surface area contributed by atoms with E-state index >= 15 is 0 Å².